The molecule has 1 rings (SSSR count). The minimum absolute atomic E-state index is 0. The highest BCUT2D eigenvalue weighted by molar-refractivity contribution is 6.07. The number of esters is 2. The Labute approximate surface area is 146 Å². The highest BCUT2D eigenvalue weighted by atomic mass is 16.6. The number of benzene rings is 1. The molecule has 8 heteroatoms. The molecular weight excluding hydrogens is 328 g/mol. The van der Waals surface area contributed by atoms with Gasteiger partial charge in [0.15, 0.2) is 0 Å². The van der Waals surface area contributed by atoms with Crippen LogP contribution in [0.1, 0.15) is 22.8 Å². The lowest BCUT2D eigenvalue weighted by atomic mass is 10.1. The number of hydrogen-bond acceptors (Lipinski definition) is 6. The number of nitrogens with one attached hydrogen (secondary N) is 2. The average Bonchev–Trinajstić information content (AvgIpc) is 2.53. The molecule has 0 aliphatic heterocycles. The first-order chi connectivity index (χ1) is 10.9. The van der Waals surface area contributed by atoms with Crippen LogP contribution in [0.15, 0.2) is 54.3 Å². The number of aryl methyl sites for hydroxylation is 1. The number of ether oxygens (including phenoxy) is 1. The van der Waals surface area contributed by atoms with E-state index in [1.807, 2.05) is 5.48 Å². The summed E-state index contributed by atoms with van der Waals surface area (Å²) in [5.74, 6) is -1.72. The Bertz CT molecular complexity index is 694. The van der Waals surface area contributed by atoms with Crippen molar-refractivity contribution in [3.8, 4) is 0 Å². The van der Waals surface area contributed by atoms with Crippen molar-refractivity contribution in [3.63, 3.8) is 0 Å². The maximum Gasteiger partial charge on any atom is 0.348 e. The summed E-state index contributed by atoms with van der Waals surface area (Å²) in [5, 5.41) is 11.8. The maximum absolute atomic E-state index is 12.3. The lowest BCUT2D eigenvalue weighted by Crippen LogP contribution is -2.21. The summed E-state index contributed by atoms with van der Waals surface area (Å²) in [7, 11) is 1.60. The quantitative estimate of drug-likeness (QED) is 0.229. The number of hydrogen-bond donors (Lipinski definition) is 3. The fourth-order valence-electron chi connectivity index (χ4n) is 1.97. The second kappa shape index (κ2) is 10.8. The summed E-state index contributed by atoms with van der Waals surface area (Å²) in [4.78, 5) is 24.6. The molecule has 0 unspecified atom stereocenters. The van der Waals surface area contributed by atoms with Gasteiger partial charge in [-0.05, 0) is 31.1 Å². The number of likely N-dealkylation sites (N-methyl/N-ethyl adjacent to an activating group) is 1. The van der Waals surface area contributed by atoms with Crippen molar-refractivity contribution in [2.45, 2.75) is 13.8 Å². The second-order valence-corrected chi connectivity index (χ2v) is 4.78. The zero-order valence-electron chi connectivity index (χ0n) is 14.4. The van der Waals surface area contributed by atoms with Gasteiger partial charge >= 0.3 is 11.9 Å². The van der Waals surface area contributed by atoms with Gasteiger partial charge in [0.2, 0.25) is 0 Å². The van der Waals surface area contributed by atoms with Crippen molar-refractivity contribution >= 4 is 17.6 Å². The van der Waals surface area contributed by atoms with E-state index in [4.69, 9.17) is 9.94 Å². The van der Waals surface area contributed by atoms with E-state index in [0.29, 0.717) is 16.8 Å². The van der Waals surface area contributed by atoms with Crippen molar-refractivity contribution in [2.75, 3.05) is 12.5 Å². The predicted molar refractivity (Wildman–Crippen MR) is 95.3 cm³/mol. The van der Waals surface area contributed by atoms with Gasteiger partial charge in [0, 0.05) is 12.7 Å². The number of carbonyl (C=O) groups excluding carboxylic acids is 2. The molecule has 0 saturated carbocycles. The maximum atomic E-state index is 12.3. The fourth-order valence-corrected chi connectivity index (χ4v) is 1.97. The van der Waals surface area contributed by atoms with Crippen LogP contribution in [-0.2, 0) is 9.53 Å². The number of carbonyl (C=O) groups is 2. The first-order valence-electron chi connectivity index (χ1n) is 6.83. The third-order valence-corrected chi connectivity index (χ3v) is 3.29. The molecule has 0 bridgehead atoms. The average molecular weight is 352 g/mol. The van der Waals surface area contributed by atoms with Gasteiger partial charge in [-0.15, -0.1) is 0 Å². The molecule has 0 amide bonds. The predicted octanol–water partition coefficient (Wildman–Crippen LogP) is 1.07. The zero-order chi connectivity index (χ0) is 17.6. The van der Waals surface area contributed by atoms with E-state index in [0.717, 1.165) is 0 Å². The third kappa shape index (κ3) is 5.57. The number of allylic oxidation sites excluding steroid dienone is 2. The van der Waals surface area contributed by atoms with E-state index < -0.39 is 11.9 Å². The molecule has 0 aliphatic rings. The molecule has 25 heavy (non-hydrogen) atoms. The Morgan fingerprint density at radius 3 is 2.36 bits per heavy atom. The zero-order valence-corrected chi connectivity index (χ0v) is 14.4. The molecule has 0 spiro atoms. The summed E-state index contributed by atoms with van der Waals surface area (Å²) in [6.07, 6.45) is 1.47. The minimum atomic E-state index is -0.872. The normalized spacial score (nSPS) is 10.2. The molecule has 138 valence electrons. The van der Waals surface area contributed by atoms with Crippen molar-refractivity contribution in [1.29, 1.82) is 0 Å². The van der Waals surface area contributed by atoms with E-state index in [2.05, 4.69) is 18.5 Å². The second-order valence-electron chi connectivity index (χ2n) is 4.78. The molecule has 0 atom stereocenters. The van der Waals surface area contributed by atoms with Gasteiger partial charge in [0.05, 0.1) is 16.8 Å². The summed E-state index contributed by atoms with van der Waals surface area (Å²) in [6, 6.07) is 4.81. The molecule has 0 heterocycles. The van der Waals surface area contributed by atoms with Crippen LogP contribution in [0.5, 0.6) is 0 Å². The van der Waals surface area contributed by atoms with Crippen molar-refractivity contribution in [2.24, 2.45) is 0 Å². The lowest BCUT2D eigenvalue weighted by Gasteiger charge is -2.13. The van der Waals surface area contributed by atoms with Crippen LogP contribution in [0, 0.1) is 6.92 Å². The number of anilines is 1. The molecule has 0 radical (unpaired) electrons. The van der Waals surface area contributed by atoms with Gasteiger partial charge in [-0.2, -0.15) is 0 Å². The molecule has 0 saturated heterocycles. The molecule has 0 aliphatic carbocycles. The van der Waals surface area contributed by atoms with Crippen molar-refractivity contribution in [1.82, 2.24) is 5.32 Å². The Morgan fingerprint density at radius 1 is 1.28 bits per heavy atom. The topological polar surface area (TPSA) is 151 Å². The molecule has 0 aromatic heterocycles. The first-order valence-corrected chi connectivity index (χ1v) is 6.83. The highest BCUT2D eigenvalue weighted by Crippen LogP contribution is 2.22. The number of rotatable bonds is 6. The van der Waals surface area contributed by atoms with E-state index in [1.54, 1.807) is 33.0 Å². The van der Waals surface area contributed by atoms with Gasteiger partial charge in [-0.1, -0.05) is 31.4 Å². The van der Waals surface area contributed by atoms with Crippen molar-refractivity contribution < 1.29 is 30.5 Å². The standard InChI is InChI=1S/C17H20N2O4.2H2O/c1-6-10(2)14(12(4)18-5)16(20)23-17(21)15-11(3)8-7-9-13(15)19-22;;/h6-9,18-19,22H,1,4H2,2-3,5H3;2*1H2/b14-10+;;. The monoisotopic (exact) mass is 352 g/mol. The van der Waals surface area contributed by atoms with Crippen LogP contribution in [0.4, 0.5) is 5.69 Å². The van der Waals surface area contributed by atoms with Crippen LogP contribution < -0.4 is 10.8 Å². The Balaban J connectivity index is 0. The largest absolute Gasteiger partial charge is 0.412 e. The fraction of sp³-hybridized carbons (Fsp3) is 0.176. The van der Waals surface area contributed by atoms with Gasteiger partial charge in [-0.3, -0.25) is 10.7 Å². The highest BCUT2D eigenvalue weighted by Gasteiger charge is 2.23. The summed E-state index contributed by atoms with van der Waals surface area (Å²) in [5.41, 5.74) is 3.66. The Morgan fingerprint density at radius 2 is 1.88 bits per heavy atom. The van der Waals surface area contributed by atoms with Gasteiger partial charge in [0.1, 0.15) is 0 Å². The Kier molecular flexibility index (Phi) is 10.5. The van der Waals surface area contributed by atoms with E-state index in [-0.39, 0.29) is 27.8 Å². The molecule has 8 nitrogen and oxygen atoms in total. The first kappa shape index (κ1) is 24.3. The van der Waals surface area contributed by atoms with Crippen LogP contribution in [0.2, 0.25) is 0 Å². The van der Waals surface area contributed by atoms with Crippen molar-refractivity contribution in [3.05, 3.63) is 65.4 Å². The summed E-state index contributed by atoms with van der Waals surface area (Å²) in [6.45, 7) is 10.6. The van der Waals surface area contributed by atoms with Gasteiger partial charge < -0.3 is 21.0 Å². The van der Waals surface area contributed by atoms with Crippen LogP contribution in [0.3, 0.4) is 0 Å². The smallest absolute Gasteiger partial charge is 0.348 e. The molecule has 1 aromatic carbocycles. The molecule has 7 N–H and O–H groups in total. The minimum Gasteiger partial charge on any atom is -0.412 e. The third-order valence-electron chi connectivity index (χ3n) is 3.29. The lowest BCUT2D eigenvalue weighted by molar-refractivity contribution is -0.133. The molecule has 0 fully saturated rings. The van der Waals surface area contributed by atoms with Crippen LogP contribution in [-0.4, -0.2) is 35.1 Å². The molecule has 1 aromatic rings. The van der Waals surface area contributed by atoms with Gasteiger partial charge in [0.25, 0.3) is 0 Å². The Hall–Kier alpha value is -2.94. The van der Waals surface area contributed by atoms with Gasteiger partial charge in [-0.25, -0.2) is 9.59 Å². The summed E-state index contributed by atoms with van der Waals surface area (Å²) < 4.78 is 4.93. The van der Waals surface area contributed by atoms with E-state index in [9.17, 15) is 9.59 Å². The summed E-state index contributed by atoms with van der Waals surface area (Å²) >= 11 is 0. The van der Waals surface area contributed by atoms with Crippen LogP contribution in [0.25, 0.3) is 0 Å². The van der Waals surface area contributed by atoms with Crippen LogP contribution >= 0.6 is 0 Å². The SMILES string of the molecule is C=C/C(C)=C(\C(=C)NC)C(=O)OC(=O)c1c(C)cccc1NO.O.O. The van der Waals surface area contributed by atoms with E-state index >= 15 is 0 Å². The van der Waals surface area contributed by atoms with E-state index in [1.165, 1.54) is 12.1 Å². The molecular formula is C17H24N2O6.